The number of nitrogens with two attached hydrogens (primary N) is 2. The number of hydrogen-bond donors (Lipinski definition) is 2. The van der Waals surface area contributed by atoms with Crippen molar-refractivity contribution >= 4 is 21.9 Å². The second-order valence-electron chi connectivity index (χ2n) is 7.47. The van der Waals surface area contributed by atoms with E-state index in [1.54, 1.807) is 36.4 Å². The van der Waals surface area contributed by atoms with E-state index in [9.17, 15) is 4.79 Å². The third-order valence-electron chi connectivity index (χ3n) is 4.86. The van der Waals surface area contributed by atoms with Crippen LogP contribution in [0.1, 0.15) is 39.5 Å². The molecule has 0 aliphatic carbocycles. The van der Waals surface area contributed by atoms with Crippen molar-refractivity contribution in [2.75, 3.05) is 13.2 Å². The van der Waals surface area contributed by atoms with Crippen LogP contribution in [0.3, 0.4) is 0 Å². The lowest BCUT2D eigenvalue weighted by molar-refractivity contribution is 0.281. The molecule has 4 N–H and O–H groups in total. The minimum Gasteiger partial charge on any atom is -0.492 e. The first-order valence-corrected chi connectivity index (χ1v) is 10.3. The molecule has 1 aromatic heterocycles. The van der Waals surface area contributed by atoms with Crippen LogP contribution in [-0.2, 0) is 0 Å². The lowest BCUT2D eigenvalue weighted by Crippen LogP contribution is -2.27. The van der Waals surface area contributed by atoms with Gasteiger partial charge in [-0.2, -0.15) is 0 Å². The third-order valence-corrected chi connectivity index (χ3v) is 4.86. The molecule has 0 saturated carbocycles. The van der Waals surface area contributed by atoms with Crippen LogP contribution >= 0.6 is 0 Å². The smallest absolute Gasteiger partial charge is 0.200 e. The Kier molecular flexibility index (Phi) is 7.12. The first kappa shape index (κ1) is 21.1. The number of benzene rings is 2. The summed E-state index contributed by atoms with van der Waals surface area (Å²) < 4.78 is 17.4. The lowest BCUT2D eigenvalue weighted by Gasteiger charge is -2.13. The molecule has 6 nitrogen and oxygen atoms in total. The van der Waals surface area contributed by atoms with Gasteiger partial charge in [0.2, 0.25) is 5.43 Å². The summed E-state index contributed by atoms with van der Waals surface area (Å²) in [5, 5.41) is 0.942. The Morgan fingerprint density at radius 1 is 0.828 bits per heavy atom. The Labute approximate surface area is 170 Å². The predicted octanol–water partition coefficient (Wildman–Crippen LogP) is 3.96. The summed E-state index contributed by atoms with van der Waals surface area (Å²) >= 11 is 0. The van der Waals surface area contributed by atoms with E-state index in [0.717, 1.165) is 25.7 Å². The van der Waals surface area contributed by atoms with Gasteiger partial charge in [0.15, 0.2) is 0 Å². The van der Waals surface area contributed by atoms with Gasteiger partial charge in [0.1, 0.15) is 35.9 Å². The van der Waals surface area contributed by atoms with Crippen LogP contribution < -0.4 is 26.4 Å². The van der Waals surface area contributed by atoms with Crippen molar-refractivity contribution < 1.29 is 13.9 Å². The molecule has 2 aromatic carbocycles. The summed E-state index contributed by atoms with van der Waals surface area (Å²) in [4.78, 5) is 13.1. The van der Waals surface area contributed by atoms with E-state index in [4.69, 9.17) is 25.4 Å². The zero-order valence-electron chi connectivity index (χ0n) is 17.1. The molecule has 0 amide bonds. The predicted molar refractivity (Wildman–Crippen MR) is 117 cm³/mol. The standard InChI is InChI=1S/C23H30N2O4/c1-3-5-15(24)13-27-17-7-9-21-19(11-17)23(26)20-12-18(8-10-22(20)29-21)28-14-16(25)6-4-2/h7-12,15-16H,3-6,13-14,24-25H2,1-2H3. The first-order chi connectivity index (χ1) is 14.0. The normalized spacial score (nSPS) is 13.5. The van der Waals surface area contributed by atoms with Crippen molar-refractivity contribution in [3.8, 4) is 11.5 Å². The molecule has 156 valence electrons. The third kappa shape index (κ3) is 5.28. The van der Waals surface area contributed by atoms with Crippen LogP contribution in [0, 0.1) is 0 Å². The van der Waals surface area contributed by atoms with E-state index < -0.39 is 0 Å². The molecule has 29 heavy (non-hydrogen) atoms. The Hall–Kier alpha value is -2.57. The van der Waals surface area contributed by atoms with Gasteiger partial charge in [0.05, 0.1) is 10.8 Å². The largest absolute Gasteiger partial charge is 0.492 e. The maximum absolute atomic E-state index is 13.1. The number of rotatable bonds is 10. The van der Waals surface area contributed by atoms with Gasteiger partial charge >= 0.3 is 0 Å². The van der Waals surface area contributed by atoms with Crippen molar-refractivity contribution in [1.82, 2.24) is 0 Å². The van der Waals surface area contributed by atoms with E-state index in [0.29, 0.717) is 46.7 Å². The minimum atomic E-state index is -0.118. The highest BCUT2D eigenvalue weighted by atomic mass is 16.5. The second-order valence-corrected chi connectivity index (χ2v) is 7.47. The molecule has 0 fully saturated rings. The SMILES string of the molecule is CCCC(N)COc1ccc2oc3ccc(OCC(N)CCC)cc3c(=O)c2c1. The van der Waals surface area contributed by atoms with Gasteiger partial charge in [-0.3, -0.25) is 4.79 Å². The summed E-state index contributed by atoms with van der Waals surface area (Å²) in [5.41, 5.74) is 12.9. The van der Waals surface area contributed by atoms with Crippen molar-refractivity contribution in [3.63, 3.8) is 0 Å². The van der Waals surface area contributed by atoms with Gasteiger partial charge in [-0.05, 0) is 49.2 Å². The maximum Gasteiger partial charge on any atom is 0.200 e. The maximum atomic E-state index is 13.1. The fourth-order valence-corrected chi connectivity index (χ4v) is 3.31. The molecular formula is C23H30N2O4. The van der Waals surface area contributed by atoms with Crippen molar-refractivity contribution in [2.24, 2.45) is 11.5 Å². The highest BCUT2D eigenvalue weighted by molar-refractivity contribution is 5.90. The monoisotopic (exact) mass is 398 g/mol. The summed E-state index contributed by atoms with van der Waals surface area (Å²) in [5.74, 6) is 1.21. The molecule has 0 saturated heterocycles. The molecular weight excluding hydrogens is 368 g/mol. The van der Waals surface area contributed by atoms with Gasteiger partial charge in [-0.15, -0.1) is 0 Å². The number of fused-ring (bicyclic) bond motifs is 2. The molecule has 0 aliphatic heterocycles. The van der Waals surface area contributed by atoms with Gasteiger partial charge in [-0.1, -0.05) is 26.7 Å². The van der Waals surface area contributed by atoms with Gasteiger partial charge in [0.25, 0.3) is 0 Å². The lowest BCUT2D eigenvalue weighted by atomic mass is 10.1. The molecule has 2 atom stereocenters. The zero-order chi connectivity index (χ0) is 20.8. The molecule has 6 heteroatoms. The van der Waals surface area contributed by atoms with Gasteiger partial charge < -0.3 is 25.4 Å². The molecule has 1 heterocycles. The van der Waals surface area contributed by atoms with E-state index >= 15 is 0 Å². The van der Waals surface area contributed by atoms with E-state index in [2.05, 4.69) is 13.8 Å². The highest BCUT2D eigenvalue weighted by Gasteiger charge is 2.11. The fourth-order valence-electron chi connectivity index (χ4n) is 3.31. The molecule has 0 bridgehead atoms. The molecule has 0 spiro atoms. The summed E-state index contributed by atoms with van der Waals surface area (Å²) in [6.45, 7) is 4.99. The quantitative estimate of drug-likeness (QED) is 0.501. The average molecular weight is 399 g/mol. The van der Waals surface area contributed by atoms with E-state index in [1.165, 1.54) is 0 Å². The molecule has 3 rings (SSSR count). The van der Waals surface area contributed by atoms with Crippen LogP contribution in [0.15, 0.2) is 45.6 Å². The number of ether oxygens (including phenoxy) is 2. The topological polar surface area (TPSA) is 101 Å². The Morgan fingerprint density at radius 2 is 1.28 bits per heavy atom. The summed E-state index contributed by atoms with van der Waals surface area (Å²) in [7, 11) is 0. The van der Waals surface area contributed by atoms with Crippen molar-refractivity contribution in [3.05, 3.63) is 46.6 Å². The summed E-state index contributed by atoms with van der Waals surface area (Å²) in [6.07, 6.45) is 3.80. The van der Waals surface area contributed by atoms with E-state index in [1.807, 2.05) is 0 Å². The van der Waals surface area contributed by atoms with Crippen LogP contribution in [0.4, 0.5) is 0 Å². The Morgan fingerprint density at radius 3 is 1.69 bits per heavy atom. The molecule has 2 unspecified atom stereocenters. The van der Waals surface area contributed by atoms with Crippen LogP contribution in [0.2, 0.25) is 0 Å². The minimum absolute atomic E-state index is 0.0255. The Balaban J connectivity index is 1.86. The van der Waals surface area contributed by atoms with Gasteiger partial charge in [-0.25, -0.2) is 0 Å². The molecule has 3 aromatic rings. The fraction of sp³-hybridized carbons (Fsp3) is 0.435. The molecule has 0 radical (unpaired) electrons. The van der Waals surface area contributed by atoms with E-state index in [-0.39, 0.29) is 17.5 Å². The van der Waals surface area contributed by atoms with Crippen molar-refractivity contribution in [1.29, 1.82) is 0 Å². The second kappa shape index (κ2) is 9.76. The average Bonchev–Trinajstić information content (AvgIpc) is 2.72. The van der Waals surface area contributed by atoms with Crippen LogP contribution in [0.5, 0.6) is 11.5 Å². The van der Waals surface area contributed by atoms with Crippen LogP contribution in [-0.4, -0.2) is 25.3 Å². The number of hydrogen-bond acceptors (Lipinski definition) is 6. The van der Waals surface area contributed by atoms with Crippen LogP contribution in [0.25, 0.3) is 21.9 Å². The summed E-state index contributed by atoms with van der Waals surface area (Å²) in [6, 6.07) is 10.5. The van der Waals surface area contributed by atoms with Crippen molar-refractivity contribution in [2.45, 2.75) is 51.6 Å². The first-order valence-electron chi connectivity index (χ1n) is 10.3. The zero-order valence-corrected chi connectivity index (χ0v) is 17.1. The highest BCUT2D eigenvalue weighted by Crippen LogP contribution is 2.25. The molecule has 0 aliphatic rings. The Bertz CT molecular complexity index is 938. The van der Waals surface area contributed by atoms with Gasteiger partial charge in [0, 0.05) is 12.1 Å².